The lowest BCUT2D eigenvalue weighted by Gasteiger charge is -2.35. The van der Waals surface area contributed by atoms with Crippen LogP contribution in [0.3, 0.4) is 0 Å². The third-order valence-electron chi connectivity index (χ3n) is 2.36. The second-order valence-corrected chi connectivity index (χ2v) is 6.18. The van der Waals surface area contributed by atoms with E-state index < -0.39 is 0 Å². The van der Waals surface area contributed by atoms with Gasteiger partial charge >= 0.3 is 0 Å². The van der Waals surface area contributed by atoms with Crippen molar-refractivity contribution in [3.63, 3.8) is 0 Å². The monoisotopic (exact) mass is 250 g/mol. The van der Waals surface area contributed by atoms with E-state index >= 15 is 0 Å². The van der Waals surface area contributed by atoms with Crippen LogP contribution in [-0.2, 0) is 4.79 Å². The minimum absolute atomic E-state index is 0.0352. The van der Waals surface area contributed by atoms with E-state index in [2.05, 4.69) is 19.0 Å². The van der Waals surface area contributed by atoms with Gasteiger partial charge in [-0.25, -0.2) is 0 Å². The van der Waals surface area contributed by atoms with Crippen molar-refractivity contribution in [1.29, 1.82) is 0 Å². The zero-order valence-electron chi connectivity index (χ0n) is 9.13. The first-order valence-corrected chi connectivity index (χ1v) is 7.00. The molecule has 0 unspecified atom stereocenters. The largest absolute Gasteiger partial charge is 0.395 e. The predicted molar refractivity (Wildman–Crippen MR) is 66.0 cm³/mol. The molecule has 6 heteroatoms. The summed E-state index contributed by atoms with van der Waals surface area (Å²) in [6.07, 6.45) is 0.830. The summed E-state index contributed by atoms with van der Waals surface area (Å²) in [4.78, 5) is 14.7. The average molecular weight is 250 g/mol. The van der Waals surface area contributed by atoms with Crippen molar-refractivity contribution in [2.75, 3.05) is 38.8 Å². The number of aliphatic hydroxyl groups excluding tert-OH is 1. The number of thioether (sulfide) groups is 2. The van der Waals surface area contributed by atoms with Crippen LogP contribution in [0.4, 0.5) is 0 Å². The van der Waals surface area contributed by atoms with Crippen molar-refractivity contribution >= 4 is 29.9 Å². The number of amides is 1. The van der Waals surface area contributed by atoms with Crippen molar-refractivity contribution in [1.82, 2.24) is 9.80 Å². The van der Waals surface area contributed by atoms with E-state index in [1.807, 2.05) is 0 Å². The zero-order chi connectivity index (χ0) is 11.3. The maximum absolute atomic E-state index is 10.8. The molecule has 0 aromatic heterocycles. The highest BCUT2D eigenvalue weighted by Gasteiger charge is 2.26. The third-order valence-corrected chi connectivity index (χ3v) is 5.44. The van der Waals surface area contributed by atoms with Crippen LogP contribution in [-0.4, -0.2) is 70.8 Å². The summed E-state index contributed by atoms with van der Waals surface area (Å²) in [5.41, 5.74) is 0. The summed E-state index contributed by atoms with van der Waals surface area (Å²) in [6.45, 7) is 0.467. The number of hydrogen-bond donors (Lipinski definition) is 1. The second-order valence-electron chi connectivity index (χ2n) is 3.66. The van der Waals surface area contributed by atoms with Crippen LogP contribution in [0.25, 0.3) is 0 Å². The Hall–Kier alpha value is 0.0900. The first-order chi connectivity index (χ1) is 7.19. The molecule has 1 N–H and O–H groups in total. The first kappa shape index (κ1) is 13.2. The van der Waals surface area contributed by atoms with Gasteiger partial charge in [0.05, 0.1) is 6.61 Å². The molecule has 0 radical (unpaired) electrons. The van der Waals surface area contributed by atoms with Gasteiger partial charge in [0.2, 0.25) is 6.41 Å². The number of carbonyl (C=O) groups excluding carboxylic acids is 1. The van der Waals surface area contributed by atoms with Crippen molar-refractivity contribution in [3.8, 4) is 0 Å². The summed E-state index contributed by atoms with van der Waals surface area (Å²) in [5, 5.41) is 8.81. The zero-order valence-corrected chi connectivity index (χ0v) is 10.8. The molecule has 1 fully saturated rings. The van der Waals surface area contributed by atoms with Crippen LogP contribution >= 0.6 is 23.5 Å². The van der Waals surface area contributed by atoms with E-state index in [4.69, 9.17) is 5.11 Å². The molecule has 0 spiro atoms. The molecule has 1 heterocycles. The Balaban J connectivity index is 2.38. The van der Waals surface area contributed by atoms with E-state index in [-0.39, 0.29) is 11.3 Å². The third kappa shape index (κ3) is 3.86. The van der Waals surface area contributed by atoms with Crippen molar-refractivity contribution < 1.29 is 9.90 Å². The summed E-state index contributed by atoms with van der Waals surface area (Å²) >= 11 is 3.55. The van der Waals surface area contributed by atoms with Gasteiger partial charge in [0.25, 0.3) is 0 Å². The van der Waals surface area contributed by atoms with Gasteiger partial charge < -0.3 is 14.9 Å². The Bertz CT molecular complexity index is 197. The quantitative estimate of drug-likeness (QED) is 0.703. The fourth-order valence-corrected chi connectivity index (χ4v) is 4.60. The summed E-state index contributed by atoms with van der Waals surface area (Å²) in [5.74, 6) is 2.08. The molecule has 0 aromatic rings. The molecule has 0 aromatic carbocycles. The Labute approximate surface area is 99.4 Å². The molecule has 0 aliphatic carbocycles. The maximum atomic E-state index is 10.8. The van der Waals surface area contributed by atoms with E-state index in [1.165, 1.54) is 0 Å². The number of aliphatic hydroxyl groups is 1. The first-order valence-electron chi connectivity index (χ1n) is 4.90. The molecule has 1 aliphatic rings. The van der Waals surface area contributed by atoms with Gasteiger partial charge in [-0.15, -0.1) is 23.5 Å². The van der Waals surface area contributed by atoms with E-state index in [0.29, 0.717) is 12.6 Å². The molecule has 1 rings (SSSR count). The number of nitrogens with zero attached hydrogens (tertiary/aromatic N) is 2. The molecule has 0 atom stereocenters. The van der Waals surface area contributed by atoms with Gasteiger partial charge in [-0.3, -0.25) is 4.79 Å². The molecule has 1 amide bonds. The Morgan fingerprint density at radius 1 is 1.40 bits per heavy atom. The SMILES string of the molecule is CN(C)C1CSC(N(C=O)CCO)SC1. The summed E-state index contributed by atoms with van der Waals surface area (Å²) in [6, 6.07) is 0.582. The molecule has 15 heavy (non-hydrogen) atoms. The second kappa shape index (κ2) is 6.62. The number of rotatable bonds is 5. The Morgan fingerprint density at radius 2 is 2.00 bits per heavy atom. The van der Waals surface area contributed by atoms with Gasteiger partial charge in [-0.1, -0.05) is 0 Å². The highest BCUT2D eigenvalue weighted by Crippen LogP contribution is 2.33. The molecule has 88 valence electrons. The lowest BCUT2D eigenvalue weighted by molar-refractivity contribution is -0.118. The Kier molecular flexibility index (Phi) is 5.81. The van der Waals surface area contributed by atoms with Gasteiger partial charge in [0.1, 0.15) is 4.71 Å². The van der Waals surface area contributed by atoms with Gasteiger partial charge in [-0.2, -0.15) is 0 Å². The van der Waals surface area contributed by atoms with E-state index in [9.17, 15) is 4.79 Å². The highest BCUT2D eigenvalue weighted by molar-refractivity contribution is 8.17. The van der Waals surface area contributed by atoms with Crippen molar-refractivity contribution in [3.05, 3.63) is 0 Å². The van der Waals surface area contributed by atoms with Crippen LogP contribution < -0.4 is 0 Å². The molecule has 0 bridgehead atoms. The lowest BCUT2D eigenvalue weighted by atomic mass is 10.4. The molecular weight excluding hydrogens is 232 g/mol. The van der Waals surface area contributed by atoms with Crippen molar-refractivity contribution in [2.45, 2.75) is 10.7 Å². The summed E-state index contributed by atoms with van der Waals surface area (Å²) in [7, 11) is 4.16. The molecule has 0 saturated carbocycles. The normalized spacial score (nSPS) is 26.7. The van der Waals surface area contributed by atoms with Crippen LogP contribution in [0.1, 0.15) is 0 Å². The van der Waals surface area contributed by atoms with Gasteiger partial charge in [-0.05, 0) is 14.1 Å². The minimum atomic E-state index is 0.0352. The fourth-order valence-electron chi connectivity index (χ4n) is 1.30. The minimum Gasteiger partial charge on any atom is -0.395 e. The molecular formula is C9H18N2O2S2. The van der Waals surface area contributed by atoms with Crippen molar-refractivity contribution in [2.24, 2.45) is 0 Å². The fraction of sp³-hybridized carbons (Fsp3) is 0.889. The topological polar surface area (TPSA) is 43.8 Å². The van der Waals surface area contributed by atoms with E-state index in [1.54, 1.807) is 28.4 Å². The summed E-state index contributed by atoms with van der Waals surface area (Å²) < 4.78 is 0.172. The lowest BCUT2D eigenvalue weighted by Crippen LogP contribution is -2.41. The van der Waals surface area contributed by atoms with Gasteiger partial charge in [0, 0.05) is 24.1 Å². The average Bonchev–Trinajstić information content (AvgIpc) is 2.26. The van der Waals surface area contributed by atoms with Gasteiger partial charge in [0.15, 0.2) is 0 Å². The smallest absolute Gasteiger partial charge is 0.211 e. The molecule has 1 aliphatic heterocycles. The molecule has 4 nitrogen and oxygen atoms in total. The van der Waals surface area contributed by atoms with Crippen LogP contribution in [0.15, 0.2) is 0 Å². The highest BCUT2D eigenvalue weighted by atomic mass is 32.2. The van der Waals surface area contributed by atoms with Crippen LogP contribution in [0.2, 0.25) is 0 Å². The van der Waals surface area contributed by atoms with Crippen LogP contribution in [0.5, 0.6) is 0 Å². The Morgan fingerprint density at radius 3 is 2.40 bits per heavy atom. The van der Waals surface area contributed by atoms with Crippen LogP contribution in [0, 0.1) is 0 Å². The molecule has 1 saturated heterocycles. The standard InChI is InChI=1S/C9H18N2O2S2/c1-10(2)8-5-14-9(15-6-8)11(7-13)3-4-12/h7-9,12H,3-6H2,1-2H3. The number of hydrogen-bond acceptors (Lipinski definition) is 5. The predicted octanol–water partition coefficient (Wildman–Crippen LogP) is 0.131. The number of carbonyl (C=O) groups is 1. The van der Waals surface area contributed by atoms with E-state index in [0.717, 1.165) is 17.9 Å². The maximum Gasteiger partial charge on any atom is 0.211 e.